The number of benzene rings is 1. The van der Waals surface area contributed by atoms with E-state index in [0.717, 1.165) is 32.1 Å². The van der Waals surface area contributed by atoms with E-state index in [0.29, 0.717) is 5.56 Å². The number of hydrogen-bond donors (Lipinski definition) is 0. The number of ether oxygens (including phenoxy) is 1. The van der Waals surface area contributed by atoms with Gasteiger partial charge in [0.05, 0.1) is 0 Å². The molecule has 2 rings (SSSR count). The molecule has 0 spiro atoms. The summed E-state index contributed by atoms with van der Waals surface area (Å²) in [5.41, 5.74) is -0.105. The molecule has 0 saturated heterocycles. The molecular weight excluding hydrogens is 269 g/mol. The van der Waals surface area contributed by atoms with Gasteiger partial charge in [0.25, 0.3) is 0 Å². The van der Waals surface area contributed by atoms with E-state index in [2.05, 4.69) is 4.74 Å². The molecule has 20 heavy (non-hydrogen) atoms. The second kappa shape index (κ2) is 5.46. The maximum Gasteiger partial charge on any atom is 0.573 e. The minimum atomic E-state index is -4.74. The molecule has 1 aromatic rings. The molecule has 1 aliphatic rings. The molecule has 0 N–H and O–H groups in total. The third-order valence-electron chi connectivity index (χ3n) is 4.05. The highest BCUT2D eigenvalue weighted by atomic mass is 19.4. The highest BCUT2D eigenvalue weighted by Crippen LogP contribution is 2.43. The summed E-state index contributed by atoms with van der Waals surface area (Å²) in [5.74, 6) is -0.405. The number of halogens is 3. The number of carbonyl (C=O) groups is 1. The van der Waals surface area contributed by atoms with Crippen molar-refractivity contribution >= 4 is 5.78 Å². The molecule has 1 aromatic carbocycles. The number of Topliss-reactive ketones (excluding diaryl/α,β-unsaturated/α-hetero) is 1. The Bertz CT molecular complexity index is 488. The van der Waals surface area contributed by atoms with Gasteiger partial charge in [-0.25, -0.2) is 0 Å². The third-order valence-corrected chi connectivity index (χ3v) is 4.05. The first kappa shape index (κ1) is 14.9. The first-order chi connectivity index (χ1) is 9.36. The summed E-state index contributed by atoms with van der Waals surface area (Å²) < 4.78 is 40.5. The summed E-state index contributed by atoms with van der Waals surface area (Å²) in [6.45, 7) is 1.96. The maximum absolute atomic E-state index is 12.6. The molecule has 1 fully saturated rings. The Balaban J connectivity index is 2.24. The summed E-state index contributed by atoms with van der Waals surface area (Å²) in [5, 5.41) is 0. The molecular formula is C15H17F3O2. The minimum Gasteiger partial charge on any atom is -0.406 e. The Morgan fingerprint density at radius 3 is 2.50 bits per heavy atom. The van der Waals surface area contributed by atoms with Crippen LogP contribution in [0.4, 0.5) is 13.2 Å². The van der Waals surface area contributed by atoms with E-state index in [1.54, 1.807) is 6.07 Å². The molecule has 1 saturated carbocycles. The smallest absolute Gasteiger partial charge is 0.406 e. The molecule has 5 heteroatoms. The fourth-order valence-electron chi connectivity index (χ4n) is 2.93. The van der Waals surface area contributed by atoms with Crippen molar-refractivity contribution in [1.82, 2.24) is 0 Å². The SMILES string of the molecule is CCC1(C(=O)c2cccc(OC(F)(F)F)c2)CCCC1. The standard InChI is InChI=1S/C15H17F3O2/c1-2-14(8-3-4-9-14)13(19)11-6-5-7-12(10-11)20-15(16,17)18/h5-7,10H,2-4,8-9H2,1H3. The van der Waals surface area contributed by atoms with E-state index in [4.69, 9.17) is 0 Å². The molecule has 0 atom stereocenters. The largest absolute Gasteiger partial charge is 0.573 e. The van der Waals surface area contributed by atoms with Gasteiger partial charge in [-0.1, -0.05) is 31.9 Å². The lowest BCUT2D eigenvalue weighted by atomic mass is 9.76. The molecule has 0 amide bonds. The molecule has 0 aliphatic heterocycles. The maximum atomic E-state index is 12.6. The highest BCUT2D eigenvalue weighted by Gasteiger charge is 2.40. The van der Waals surface area contributed by atoms with Crippen molar-refractivity contribution in [3.63, 3.8) is 0 Å². The van der Waals surface area contributed by atoms with Gasteiger partial charge < -0.3 is 4.74 Å². The van der Waals surface area contributed by atoms with E-state index in [1.165, 1.54) is 18.2 Å². The van der Waals surface area contributed by atoms with Crippen LogP contribution in [0.1, 0.15) is 49.4 Å². The van der Waals surface area contributed by atoms with Gasteiger partial charge in [0.2, 0.25) is 0 Å². The first-order valence-corrected chi connectivity index (χ1v) is 6.77. The first-order valence-electron chi connectivity index (χ1n) is 6.77. The Hall–Kier alpha value is -1.52. The highest BCUT2D eigenvalue weighted by molar-refractivity contribution is 6.01. The van der Waals surface area contributed by atoms with Crippen LogP contribution in [-0.2, 0) is 0 Å². The number of rotatable bonds is 4. The zero-order chi connectivity index (χ0) is 14.8. The second-order valence-corrected chi connectivity index (χ2v) is 5.25. The van der Waals surface area contributed by atoms with Crippen molar-refractivity contribution in [1.29, 1.82) is 0 Å². The average Bonchev–Trinajstić information content (AvgIpc) is 2.86. The van der Waals surface area contributed by atoms with Gasteiger partial charge >= 0.3 is 6.36 Å². The third kappa shape index (κ3) is 3.14. The number of hydrogen-bond acceptors (Lipinski definition) is 2. The van der Waals surface area contributed by atoms with Crippen LogP contribution >= 0.6 is 0 Å². The molecule has 0 bridgehead atoms. The Kier molecular flexibility index (Phi) is 4.06. The van der Waals surface area contributed by atoms with Gasteiger partial charge in [-0.15, -0.1) is 13.2 Å². The van der Waals surface area contributed by atoms with Gasteiger partial charge in [0.15, 0.2) is 5.78 Å². The Labute approximate surface area is 115 Å². The Morgan fingerprint density at radius 2 is 1.95 bits per heavy atom. The van der Waals surface area contributed by atoms with Crippen molar-refractivity contribution in [3.05, 3.63) is 29.8 Å². The monoisotopic (exact) mass is 286 g/mol. The van der Waals surface area contributed by atoms with Crippen molar-refractivity contribution < 1.29 is 22.7 Å². The van der Waals surface area contributed by atoms with E-state index in [9.17, 15) is 18.0 Å². The van der Waals surface area contributed by atoms with Crippen LogP contribution in [0.2, 0.25) is 0 Å². The van der Waals surface area contributed by atoms with E-state index in [-0.39, 0.29) is 11.5 Å². The summed E-state index contributed by atoms with van der Waals surface area (Å²) >= 11 is 0. The molecule has 0 heterocycles. The fourth-order valence-corrected chi connectivity index (χ4v) is 2.93. The zero-order valence-corrected chi connectivity index (χ0v) is 11.3. The van der Waals surface area contributed by atoms with Crippen LogP contribution in [0.3, 0.4) is 0 Å². The summed E-state index contributed by atoms with van der Waals surface area (Å²) in [4.78, 5) is 12.6. The minimum absolute atomic E-state index is 0.0647. The molecule has 110 valence electrons. The summed E-state index contributed by atoms with van der Waals surface area (Å²) in [6, 6.07) is 5.37. The quantitative estimate of drug-likeness (QED) is 0.747. The summed E-state index contributed by atoms with van der Waals surface area (Å²) in [6.07, 6.45) is -0.399. The second-order valence-electron chi connectivity index (χ2n) is 5.25. The van der Waals surface area contributed by atoms with Crippen molar-refractivity contribution in [2.75, 3.05) is 0 Å². The molecule has 0 radical (unpaired) electrons. The topological polar surface area (TPSA) is 26.3 Å². The molecule has 0 unspecified atom stereocenters. The van der Waals surface area contributed by atoms with Gasteiger partial charge in [0, 0.05) is 11.0 Å². The predicted molar refractivity (Wildman–Crippen MR) is 68.6 cm³/mol. The zero-order valence-electron chi connectivity index (χ0n) is 11.3. The van der Waals surface area contributed by atoms with Crippen molar-refractivity contribution in [2.45, 2.75) is 45.4 Å². The molecule has 2 nitrogen and oxygen atoms in total. The van der Waals surface area contributed by atoms with E-state index in [1.807, 2.05) is 6.92 Å². The lowest BCUT2D eigenvalue weighted by Gasteiger charge is -2.25. The number of ketones is 1. The molecule has 1 aliphatic carbocycles. The van der Waals surface area contributed by atoms with Crippen LogP contribution in [0.5, 0.6) is 5.75 Å². The van der Waals surface area contributed by atoms with Gasteiger partial charge in [0.1, 0.15) is 5.75 Å². The van der Waals surface area contributed by atoms with Gasteiger partial charge in [-0.3, -0.25) is 4.79 Å². The van der Waals surface area contributed by atoms with Crippen LogP contribution in [0.25, 0.3) is 0 Å². The van der Waals surface area contributed by atoms with Crippen LogP contribution in [0.15, 0.2) is 24.3 Å². The van der Waals surface area contributed by atoms with Crippen molar-refractivity contribution in [3.8, 4) is 5.75 Å². The Morgan fingerprint density at radius 1 is 1.30 bits per heavy atom. The lowest BCUT2D eigenvalue weighted by molar-refractivity contribution is -0.274. The van der Waals surface area contributed by atoms with E-state index >= 15 is 0 Å². The van der Waals surface area contributed by atoms with Crippen LogP contribution in [-0.4, -0.2) is 12.1 Å². The van der Waals surface area contributed by atoms with E-state index < -0.39 is 11.8 Å². The number of alkyl halides is 3. The average molecular weight is 286 g/mol. The summed E-state index contributed by atoms with van der Waals surface area (Å²) in [7, 11) is 0. The predicted octanol–water partition coefficient (Wildman–Crippen LogP) is 4.74. The molecule has 0 aromatic heterocycles. The lowest BCUT2D eigenvalue weighted by Crippen LogP contribution is -2.27. The normalized spacial score (nSPS) is 18.0. The number of carbonyl (C=O) groups excluding carboxylic acids is 1. The van der Waals surface area contributed by atoms with Crippen molar-refractivity contribution in [2.24, 2.45) is 5.41 Å². The van der Waals surface area contributed by atoms with Gasteiger partial charge in [-0.2, -0.15) is 0 Å². The fraction of sp³-hybridized carbons (Fsp3) is 0.533. The van der Waals surface area contributed by atoms with Crippen LogP contribution in [0, 0.1) is 5.41 Å². The van der Waals surface area contributed by atoms with Gasteiger partial charge in [-0.05, 0) is 31.4 Å². The van der Waals surface area contributed by atoms with Crippen LogP contribution < -0.4 is 4.74 Å².